The molecule has 0 atom stereocenters. The van der Waals surface area contributed by atoms with Crippen molar-refractivity contribution >= 4 is 28.2 Å². The monoisotopic (exact) mass is 456 g/mol. The molecule has 3 rings (SSSR count). The van der Waals surface area contributed by atoms with E-state index in [1.165, 1.54) is 30.4 Å². The van der Waals surface area contributed by atoms with Crippen molar-refractivity contribution < 1.29 is 0 Å². The number of H-pyrrole nitrogens is 1. The van der Waals surface area contributed by atoms with Gasteiger partial charge in [0.25, 0.3) is 5.56 Å². The zero-order chi connectivity index (χ0) is 23.1. The Morgan fingerprint density at radius 1 is 1.09 bits per heavy atom. The lowest BCUT2D eigenvalue weighted by atomic mass is 9.94. The Bertz CT molecular complexity index is 960. The van der Waals surface area contributed by atoms with Gasteiger partial charge in [0, 0.05) is 23.7 Å². The summed E-state index contributed by atoms with van der Waals surface area (Å²) < 4.78 is 0. The van der Waals surface area contributed by atoms with Crippen LogP contribution in [0.2, 0.25) is 0 Å². The Balaban J connectivity index is 1.75. The van der Waals surface area contributed by atoms with Gasteiger partial charge in [-0.1, -0.05) is 33.1 Å². The van der Waals surface area contributed by atoms with Crippen molar-refractivity contribution in [2.75, 3.05) is 26.2 Å². The van der Waals surface area contributed by atoms with Crippen LogP contribution in [-0.2, 0) is 6.54 Å². The summed E-state index contributed by atoms with van der Waals surface area (Å²) in [4.78, 5) is 20.7. The molecule has 0 amide bonds. The first kappa shape index (κ1) is 24.7. The lowest BCUT2D eigenvalue weighted by Crippen LogP contribution is -2.47. The standard InChI is InChI=1S/C26H40N4OS/c1-5-29(6-2)14-10-13-27-26(32)30(23-11-8-7-9-12-23)18-22-17-21-15-19(3)20(4)16-24(21)28-25(22)31/h15-17,23H,5-14,18H2,1-4H3,(H,27,32)(H,28,31). The summed E-state index contributed by atoms with van der Waals surface area (Å²) in [6.45, 7) is 13.3. The minimum atomic E-state index is -0.00843. The number of aromatic amines is 1. The molecule has 1 heterocycles. The van der Waals surface area contributed by atoms with Crippen LogP contribution in [0.1, 0.15) is 69.1 Å². The number of rotatable bonds is 9. The molecule has 6 heteroatoms. The number of hydrogen-bond donors (Lipinski definition) is 2. The molecule has 0 radical (unpaired) electrons. The number of aryl methyl sites for hydroxylation is 2. The van der Waals surface area contributed by atoms with Crippen molar-refractivity contribution in [1.29, 1.82) is 0 Å². The Hall–Kier alpha value is -1.92. The summed E-state index contributed by atoms with van der Waals surface area (Å²) in [6, 6.07) is 6.69. The van der Waals surface area contributed by atoms with E-state index in [1.54, 1.807) is 0 Å². The summed E-state index contributed by atoms with van der Waals surface area (Å²) in [5.74, 6) is 0. The van der Waals surface area contributed by atoms with Gasteiger partial charge in [-0.3, -0.25) is 4.79 Å². The molecule has 2 aromatic rings. The van der Waals surface area contributed by atoms with Gasteiger partial charge in [-0.05, 0) is 99.7 Å². The number of pyridine rings is 1. The van der Waals surface area contributed by atoms with Gasteiger partial charge in [0.05, 0.1) is 6.54 Å². The second-order valence-electron chi connectivity index (χ2n) is 9.18. The van der Waals surface area contributed by atoms with Gasteiger partial charge in [-0.15, -0.1) is 0 Å². The smallest absolute Gasteiger partial charge is 0.253 e. The van der Waals surface area contributed by atoms with Gasteiger partial charge < -0.3 is 20.1 Å². The summed E-state index contributed by atoms with van der Waals surface area (Å²) >= 11 is 5.86. The predicted octanol–water partition coefficient (Wildman–Crippen LogP) is 4.89. The van der Waals surface area contributed by atoms with E-state index in [-0.39, 0.29) is 5.56 Å². The molecule has 176 valence electrons. The van der Waals surface area contributed by atoms with Crippen LogP contribution in [0.25, 0.3) is 10.9 Å². The summed E-state index contributed by atoms with van der Waals surface area (Å²) in [7, 11) is 0. The molecule has 0 saturated heterocycles. The first-order chi connectivity index (χ1) is 15.4. The molecule has 0 unspecified atom stereocenters. The zero-order valence-corrected chi connectivity index (χ0v) is 21.1. The average Bonchev–Trinajstić information content (AvgIpc) is 2.79. The molecule has 1 aromatic heterocycles. The topological polar surface area (TPSA) is 51.4 Å². The van der Waals surface area contributed by atoms with Crippen LogP contribution in [-0.4, -0.2) is 52.1 Å². The van der Waals surface area contributed by atoms with E-state index in [1.807, 2.05) is 0 Å². The number of fused-ring (bicyclic) bond motifs is 1. The highest BCUT2D eigenvalue weighted by Gasteiger charge is 2.24. The van der Waals surface area contributed by atoms with Crippen LogP contribution in [0.3, 0.4) is 0 Å². The molecule has 1 fully saturated rings. The van der Waals surface area contributed by atoms with E-state index in [2.05, 4.69) is 66.0 Å². The molecule has 2 N–H and O–H groups in total. The highest BCUT2D eigenvalue weighted by molar-refractivity contribution is 7.80. The van der Waals surface area contributed by atoms with E-state index in [0.717, 1.165) is 67.0 Å². The van der Waals surface area contributed by atoms with E-state index in [4.69, 9.17) is 12.2 Å². The van der Waals surface area contributed by atoms with Crippen molar-refractivity contribution in [3.05, 3.63) is 45.2 Å². The van der Waals surface area contributed by atoms with E-state index >= 15 is 0 Å². The minimum Gasteiger partial charge on any atom is -0.363 e. The van der Waals surface area contributed by atoms with Gasteiger partial charge in [0.2, 0.25) is 0 Å². The van der Waals surface area contributed by atoms with Crippen LogP contribution in [0.4, 0.5) is 0 Å². The molecule has 1 aromatic carbocycles. The minimum absolute atomic E-state index is 0.00843. The molecule has 1 aliphatic carbocycles. The van der Waals surface area contributed by atoms with Crippen LogP contribution in [0.5, 0.6) is 0 Å². The fraction of sp³-hybridized carbons (Fsp3) is 0.615. The van der Waals surface area contributed by atoms with Crippen molar-refractivity contribution in [2.24, 2.45) is 0 Å². The molecule has 0 spiro atoms. The molecule has 5 nitrogen and oxygen atoms in total. The highest BCUT2D eigenvalue weighted by Crippen LogP contribution is 2.25. The maximum absolute atomic E-state index is 12.9. The summed E-state index contributed by atoms with van der Waals surface area (Å²) in [5, 5.41) is 5.37. The lowest BCUT2D eigenvalue weighted by molar-refractivity contribution is 0.233. The Kier molecular flexibility index (Phi) is 9.11. The van der Waals surface area contributed by atoms with Gasteiger partial charge >= 0.3 is 0 Å². The second-order valence-corrected chi connectivity index (χ2v) is 9.57. The van der Waals surface area contributed by atoms with Crippen molar-refractivity contribution in [1.82, 2.24) is 20.1 Å². The summed E-state index contributed by atoms with van der Waals surface area (Å²) in [5.41, 5.74) is 4.12. The van der Waals surface area contributed by atoms with Crippen molar-refractivity contribution in [3.8, 4) is 0 Å². The number of nitrogens with one attached hydrogen (secondary N) is 2. The van der Waals surface area contributed by atoms with Crippen LogP contribution in [0.15, 0.2) is 23.0 Å². The Morgan fingerprint density at radius 3 is 2.47 bits per heavy atom. The second kappa shape index (κ2) is 11.8. The molecule has 0 bridgehead atoms. The highest BCUT2D eigenvalue weighted by atomic mass is 32.1. The third-order valence-electron chi connectivity index (χ3n) is 6.97. The molecule has 1 aliphatic rings. The van der Waals surface area contributed by atoms with Crippen LogP contribution in [0, 0.1) is 13.8 Å². The largest absolute Gasteiger partial charge is 0.363 e. The third kappa shape index (κ3) is 6.32. The number of hydrogen-bond acceptors (Lipinski definition) is 3. The fourth-order valence-corrected chi connectivity index (χ4v) is 5.04. The lowest BCUT2D eigenvalue weighted by Gasteiger charge is -2.36. The van der Waals surface area contributed by atoms with Crippen LogP contribution >= 0.6 is 12.2 Å². The number of nitrogens with zero attached hydrogens (tertiary/aromatic N) is 2. The van der Waals surface area contributed by atoms with Crippen molar-refractivity contribution in [3.63, 3.8) is 0 Å². The molecular formula is C26H40N4OS. The van der Waals surface area contributed by atoms with Gasteiger partial charge in [-0.25, -0.2) is 0 Å². The summed E-state index contributed by atoms with van der Waals surface area (Å²) in [6.07, 6.45) is 7.12. The number of benzene rings is 1. The Labute approximate surface area is 198 Å². The molecule has 0 aliphatic heterocycles. The maximum Gasteiger partial charge on any atom is 0.253 e. The number of thiocarbonyl (C=S) groups is 1. The average molecular weight is 457 g/mol. The molecule has 32 heavy (non-hydrogen) atoms. The first-order valence-corrected chi connectivity index (χ1v) is 12.7. The van der Waals surface area contributed by atoms with E-state index in [9.17, 15) is 4.79 Å². The SMILES string of the molecule is CCN(CC)CCCNC(=S)N(Cc1cc2cc(C)c(C)cc2[nH]c1=O)C1CCCCC1. The van der Waals surface area contributed by atoms with Gasteiger partial charge in [0.15, 0.2) is 5.11 Å². The predicted molar refractivity (Wildman–Crippen MR) is 139 cm³/mol. The maximum atomic E-state index is 12.9. The molecular weight excluding hydrogens is 416 g/mol. The quantitative estimate of drug-likeness (QED) is 0.416. The third-order valence-corrected chi connectivity index (χ3v) is 7.35. The molecule has 1 saturated carbocycles. The van der Waals surface area contributed by atoms with Crippen molar-refractivity contribution in [2.45, 2.75) is 78.8 Å². The normalized spacial score (nSPS) is 14.8. The fourth-order valence-electron chi connectivity index (χ4n) is 4.72. The van der Waals surface area contributed by atoms with Gasteiger partial charge in [-0.2, -0.15) is 0 Å². The van der Waals surface area contributed by atoms with Crippen LogP contribution < -0.4 is 10.9 Å². The Morgan fingerprint density at radius 2 is 1.78 bits per heavy atom. The van der Waals surface area contributed by atoms with Gasteiger partial charge in [0.1, 0.15) is 0 Å². The zero-order valence-electron chi connectivity index (χ0n) is 20.3. The first-order valence-electron chi connectivity index (χ1n) is 12.3. The van der Waals surface area contributed by atoms with E-state index < -0.39 is 0 Å². The number of aromatic nitrogens is 1. The van der Waals surface area contributed by atoms with E-state index in [0.29, 0.717) is 12.6 Å².